The van der Waals surface area contributed by atoms with E-state index in [-0.39, 0.29) is 5.78 Å². The molecule has 4 heteroatoms. The van der Waals surface area contributed by atoms with Crippen LogP contribution in [0.4, 0.5) is 10.8 Å². The van der Waals surface area contributed by atoms with Crippen molar-refractivity contribution in [3.05, 3.63) is 40.4 Å². The molecule has 0 aliphatic rings. The van der Waals surface area contributed by atoms with Crippen LogP contribution in [0, 0.1) is 13.8 Å². The van der Waals surface area contributed by atoms with Crippen molar-refractivity contribution >= 4 is 27.9 Å². The molecule has 0 unspecified atom stereocenters. The molecule has 0 saturated heterocycles. The van der Waals surface area contributed by atoms with Gasteiger partial charge in [-0.3, -0.25) is 4.79 Å². The zero-order chi connectivity index (χ0) is 13.3. The molecule has 0 aliphatic carbocycles. The van der Waals surface area contributed by atoms with Crippen molar-refractivity contribution in [1.29, 1.82) is 0 Å². The SMILES string of the molecule is CC(=O)c1cnc(N(C)c2cc(C)cc(C)c2)s1. The minimum atomic E-state index is 0.0626. The van der Waals surface area contributed by atoms with Gasteiger partial charge in [0.05, 0.1) is 11.1 Å². The third kappa shape index (κ3) is 2.59. The second kappa shape index (κ2) is 4.90. The van der Waals surface area contributed by atoms with Crippen molar-refractivity contribution in [2.24, 2.45) is 0 Å². The molecule has 1 heterocycles. The first-order valence-electron chi connectivity index (χ1n) is 5.76. The van der Waals surface area contributed by atoms with Gasteiger partial charge in [0.25, 0.3) is 0 Å². The highest BCUT2D eigenvalue weighted by molar-refractivity contribution is 7.17. The molecule has 18 heavy (non-hydrogen) atoms. The summed E-state index contributed by atoms with van der Waals surface area (Å²) in [7, 11) is 1.97. The number of aromatic nitrogens is 1. The van der Waals surface area contributed by atoms with Crippen LogP contribution in [0.2, 0.25) is 0 Å². The van der Waals surface area contributed by atoms with E-state index in [4.69, 9.17) is 0 Å². The van der Waals surface area contributed by atoms with Crippen molar-refractivity contribution in [3.8, 4) is 0 Å². The number of nitrogens with zero attached hydrogens (tertiary/aromatic N) is 2. The Morgan fingerprint density at radius 1 is 1.22 bits per heavy atom. The molecular weight excluding hydrogens is 244 g/mol. The number of rotatable bonds is 3. The lowest BCUT2D eigenvalue weighted by atomic mass is 10.1. The predicted octanol–water partition coefficient (Wildman–Crippen LogP) is 3.73. The van der Waals surface area contributed by atoms with Crippen LogP contribution in [0.1, 0.15) is 27.7 Å². The highest BCUT2D eigenvalue weighted by atomic mass is 32.1. The summed E-state index contributed by atoms with van der Waals surface area (Å²) >= 11 is 1.42. The highest BCUT2D eigenvalue weighted by Gasteiger charge is 2.11. The van der Waals surface area contributed by atoms with Crippen LogP contribution in [-0.4, -0.2) is 17.8 Å². The van der Waals surface area contributed by atoms with E-state index in [1.165, 1.54) is 22.5 Å². The number of carbonyl (C=O) groups excluding carboxylic acids is 1. The molecule has 0 fully saturated rings. The van der Waals surface area contributed by atoms with Gasteiger partial charge in [-0.15, -0.1) is 0 Å². The van der Waals surface area contributed by atoms with Crippen LogP contribution in [0.3, 0.4) is 0 Å². The largest absolute Gasteiger partial charge is 0.321 e. The molecule has 1 aromatic heterocycles. The minimum Gasteiger partial charge on any atom is -0.321 e. The van der Waals surface area contributed by atoms with Gasteiger partial charge in [0.1, 0.15) is 0 Å². The smallest absolute Gasteiger partial charge is 0.190 e. The Morgan fingerprint density at radius 3 is 2.33 bits per heavy atom. The fraction of sp³-hybridized carbons (Fsp3) is 0.286. The van der Waals surface area contributed by atoms with Crippen molar-refractivity contribution in [2.75, 3.05) is 11.9 Å². The van der Waals surface area contributed by atoms with Gasteiger partial charge in [0.2, 0.25) is 0 Å². The maximum absolute atomic E-state index is 11.3. The number of aryl methyl sites for hydroxylation is 2. The average molecular weight is 260 g/mol. The molecule has 2 rings (SSSR count). The van der Waals surface area contributed by atoms with Gasteiger partial charge >= 0.3 is 0 Å². The lowest BCUT2D eigenvalue weighted by molar-refractivity contribution is 0.102. The number of carbonyl (C=O) groups is 1. The summed E-state index contributed by atoms with van der Waals surface area (Å²) in [6.45, 7) is 5.72. The van der Waals surface area contributed by atoms with E-state index in [1.54, 1.807) is 13.1 Å². The second-order valence-corrected chi connectivity index (χ2v) is 5.48. The first kappa shape index (κ1) is 12.8. The number of hydrogen-bond acceptors (Lipinski definition) is 4. The maximum atomic E-state index is 11.3. The van der Waals surface area contributed by atoms with E-state index in [9.17, 15) is 4.79 Å². The molecule has 0 amide bonds. The molecular formula is C14H16N2OS. The van der Waals surface area contributed by atoms with E-state index in [0.29, 0.717) is 4.88 Å². The van der Waals surface area contributed by atoms with Crippen LogP contribution in [-0.2, 0) is 0 Å². The molecule has 94 valence electrons. The van der Waals surface area contributed by atoms with Crippen LogP contribution < -0.4 is 4.90 Å². The van der Waals surface area contributed by atoms with Gasteiger partial charge in [-0.05, 0) is 37.1 Å². The zero-order valence-corrected chi connectivity index (χ0v) is 11.8. The van der Waals surface area contributed by atoms with Crippen molar-refractivity contribution in [1.82, 2.24) is 4.98 Å². The third-order valence-corrected chi connectivity index (χ3v) is 3.90. The highest BCUT2D eigenvalue weighted by Crippen LogP contribution is 2.29. The maximum Gasteiger partial charge on any atom is 0.190 e. The molecule has 3 nitrogen and oxygen atoms in total. The van der Waals surface area contributed by atoms with E-state index < -0.39 is 0 Å². The topological polar surface area (TPSA) is 33.2 Å². The van der Waals surface area contributed by atoms with Crippen LogP contribution in [0.15, 0.2) is 24.4 Å². The van der Waals surface area contributed by atoms with Gasteiger partial charge in [-0.2, -0.15) is 0 Å². The number of hydrogen-bond donors (Lipinski definition) is 0. The standard InChI is InChI=1S/C14H16N2OS/c1-9-5-10(2)7-12(6-9)16(4)14-15-8-13(18-14)11(3)17/h5-8H,1-4H3. The quantitative estimate of drug-likeness (QED) is 0.788. The number of ketones is 1. The number of thiazole rings is 1. The average Bonchev–Trinajstić information content (AvgIpc) is 2.75. The van der Waals surface area contributed by atoms with Gasteiger partial charge in [-0.1, -0.05) is 17.4 Å². The summed E-state index contributed by atoms with van der Waals surface area (Å²) in [5.41, 5.74) is 3.54. The zero-order valence-electron chi connectivity index (χ0n) is 11.0. The van der Waals surface area contributed by atoms with Gasteiger partial charge in [0, 0.05) is 19.7 Å². The first-order valence-corrected chi connectivity index (χ1v) is 6.58. The molecule has 0 bridgehead atoms. The second-order valence-electron chi connectivity index (χ2n) is 4.47. The lowest BCUT2D eigenvalue weighted by Gasteiger charge is -2.17. The predicted molar refractivity (Wildman–Crippen MR) is 76.1 cm³/mol. The number of anilines is 2. The number of Topliss-reactive ketones (excluding diaryl/α,β-unsaturated/α-hetero) is 1. The Balaban J connectivity index is 2.34. The van der Waals surface area contributed by atoms with Crippen molar-refractivity contribution in [3.63, 3.8) is 0 Å². The normalized spacial score (nSPS) is 10.4. The number of benzene rings is 1. The Hall–Kier alpha value is -1.68. The fourth-order valence-electron chi connectivity index (χ4n) is 1.84. The van der Waals surface area contributed by atoms with Gasteiger partial charge < -0.3 is 4.90 Å². The molecule has 0 atom stereocenters. The van der Waals surface area contributed by atoms with Crippen molar-refractivity contribution < 1.29 is 4.79 Å². The molecule has 0 aliphatic heterocycles. The summed E-state index contributed by atoms with van der Waals surface area (Å²) in [6.07, 6.45) is 1.64. The van der Waals surface area contributed by atoms with Gasteiger partial charge in [0.15, 0.2) is 10.9 Å². The third-order valence-electron chi connectivity index (χ3n) is 2.72. The molecule has 0 spiro atoms. The van der Waals surface area contributed by atoms with E-state index >= 15 is 0 Å². The fourth-order valence-corrected chi connectivity index (χ4v) is 2.63. The Bertz CT molecular complexity index is 569. The molecule has 2 aromatic rings. The van der Waals surface area contributed by atoms with Crippen LogP contribution >= 0.6 is 11.3 Å². The van der Waals surface area contributed by atoms with E-state index in [2.05, 4.69) is 37.0 Å². The summed E-state index contributed by atoms with van der Waals surface area (Å²) in [4.78, 5) is 18.3. The summed E-state index contributed by atoms with van der Waals surface area (Å²) in [5.74, 6) is 0.0626. The summed E-state index contributed by atoms with van der Waals surface area (Å²) in [6, 6.07) is 6.36. The van der Waals surface area contributed by atoms with E-state index in [0.717, 1.165) is 10.8 Å². The monoisotopic (exact) mass is 260 g/mol. The molecule has 1 aromatic carbocycles. The summed E-state index contributed by atoms with van der Waals surface area (Å²) in [5, 5.41) is 0.838. The Kier molecular flexibility index (Phi) is 3.48. The molecule has 0 radical (unpaired) electrons. The molecule has 0 N–H and O–H groups in total. The minimum absolute atomic E-state index is 0.0626. The van der Waals surface area contributed by atoms with Gasteiger partial charge in [-0.25, -0.2) is 4.98 Å². The Morgan fingerprint density at radius 2 is 1.83 bits per heavy atom. The molecule has 0 saturated carbocycles. The van der Waals surface area contributed by atoms with Crippen LogP contribution in [0.5, 0.6) is 0 Å². The Labute approximate surface area is 111 Å². The lowest BCUT2D eigenvalue weighted by Crippen LogP contribution is -2.09. The van der Waals surface area contributed by atoms with E-state index in [1.807, 2.05) is 11.9 Å². The first-order chi connectivity index (χ1) is 8.47. The summed E-state index contributed by atoms with van der Waals surface area (Å²) < 4.78 is 0. The van der Waals surface area contributed by atoms with Crippen LogP contribution in [0.25, 0.3) is 0 Å². The van der Waals surface area contributed by atoms with Crippen molar-refractivity contribution in [2.45, 2.75) is 20.8 Å².